The Hall–Kier alpha value is -2.41. The number of amides is 1. The predicted octanol–water partition coefficient (Wildman–Crippen LogP) is 2.46. The maximum Gasteiger partial charge on any atom is 0.311 e. The summed E-state index contributed by atoms with van der Waals surface area (Å²) in [5.74, 6) is 1.26. The topological polar surface area (TPSA) is 77.7 Å². The quantitative estimate of drug-likeness (QED) is 0.800. The van der Waals surface area contributed by atoms with Crippen LogP contribution in [0.4, 0.5) is 0 Å². The van der Waals surface area contributed by atoms with Crippen molar-refractivity contribution >= 4 is 5.91 Å². The zero-order valence-electron chi connectivity index (χ0n) is 14.6. The molecule has 2 aromatic rings. The number of nitrogens with zero attached hydrogens (tertiary/aromatic N) is 3. The molecule has 0 unspecified atom stereocenters. The summed E-state index contributed by atoms with van der Waals surface area (Å²) in [4.78, 5) is 14.3. The number of carbonyl (C=O) groups excluding carboxylic acids is 1. The number of carbonyl (C=O) groups is 1. The van der Waals surface area contributed by atoms with E-state index in [9.17, 15) is 4.79 Å². The first-order chi connectivity index (χ1) is 12.2. The molecule has 0 spiro atoms. The van der Waals surface area contributed by atoms with E-state index in [4.69, 9.17) is 13.9 Å². The number of piperidine rings is 1. The van der Waals surface area contributed by atoms with E-state index >= 15 is 0 Å². The molecular formula is C18H23N3O4. The number of benzene rings is 1. The minimum atomic E-state index is -0.227. The Bertz CT molecular complexity index is 716. The molecule has 1 aromatic carbocycles. The monoisotopic (exact) mass is 345 g/mol. The van der Waals surface area contributed by atoms with E-state index in [2.05, 4.69) is 10.2 Å². The SMILES string of the molecule is COCc1nnc(C(=O)N2CCC[C@H](COc3cccc(C)c3)C2)o1. The van der Waals surface area contributed by atoms with E-state index in [0.29, 0.717) is 31.5 Å². The van der Waals surface area contributed by atoms with E-state index < -0.39 is 0 Å². The molecule has 1 aromatic heterocycles. The number of ether oxygens (including phenoxy) is 2. The highest BCUT2D eigenvalue weighted by Crippen LogP contribution is 2.21. The maximum absolute atomic E-state index is 12.5. The number of rotatable bonds is 6. The minimum absolute atomic E-state index is 0.0207. The summed E-state index contributed by atoms with van der Waals surface area (Å²) < 4.78 is 16.2. The van der Waals surface area contributed by atoms with Gasteiger partial charge in [-0.1, -0.05) is 12.1 Å². The number of aromatic nitrogens is 2. The zero-order valence-corrected chi connectivity index (χ0v) is 14.6. The van der Waals surface area contributed by atoms with Gasteiger partial charge in [0.15, 0.2) is 0 Å². The van der Waals surface area contributed by atoms with Crippen LogP contribution in [0.5, 0.6) is 5.75 Å². The summed E-state index contributed by atoms with van der Waals surface area (Å²) in [5.41, 5.74) is 1.17. The summed E-state index contributed by atoms with van der Waals surface area (Å²) in [6.07, 6.45) is 1.97. The van der Waals surface area contributed by atoms with Gasteiger partial charge in [-0.3, -0.25) is 4.79 Å². The first kappa shape index (κ1) is 17.4. The van der Waals surface area contributed by atoms with Crippen LogP contribution in [0.25, 0.3) is 0 Å². The first-order valence-corrected chi connectivity index (χ1v) is 8.46. The fourth-order valence-corrected chi connectivity index (χ4v) is 2.96. The molecule has 1 atom stereocenters. The molecule has 0 saturated carbocycles. The van der Waals surface area contributed by atoms with Crippen LogP contribution in [-0.2, 0) is 11.3 Å². The fraction of sp³-hybridized carbons (Fsp3) is 0.500. The van der Waals surface area contributed by atoms with Gasteiger partial charge >= 0.3 is 11.8 Å². The van der Waals surface area contributed by atoms with Crippen LogP contribution in [0.2, 0.25) is 0 Å². The number of hydrogen-bond acceptors (Lipinski definition) is 6. The van der Waals surface area contributed by atoms with Crippen LogP contribution >= 0.6 is 0 Å². The van der Waals surface area contributed by atoms with Crippen molar-refractivity contribution < 1.29 is 18.7 Å². The number of likely N-dealkylation sites (tertiary alicyclic amines) is 1. The lowest BCUT2D eigenvalue weighted by Crippen LogP contribution is -2.41. The van der Waals surface area contributed by atoms with Gasteiger partial charge in [0.1, 0.15) is 12.4 Å². The van der Waals surface area contributed by atoms with E-state index in [1.165, 1.54) is 12.7 Å². The first-order valence-electron chi connectivity index (χ1n) is 8.46. The van der Waals surface area contributed by atoms with Crippen LogP contribution in [0.3, 0.4) is 0 Å². The van der Waals surface area contributed by atoms with Gasteiger partial charge in [-0.05, 0) is 37.5 Å². The normalized spacial score (nSPS) is 17.5. The number of aryl methyl sites for hydroxylation is 1. The lowest BCUT2D eigenvalue weighted by molar-refractivity contribution is 0.0588. The Morgan fingerprint density at radius 1 is 1.40 bits per heavy atom. The van der Waals surface area contributed by atoms with Gasteiger partial charge in [0.2, 0.25) is 5.89 Å². The summed E-state index contributed by atoms with van der Waals surface area (Å²) in [6.45, 7) is 4.16. The summed E-state index contributed by atoms with van der Waals surface area (Å²) in [6, 6.07) is 7.99. The Morgan fingerprint density at radius 2 is 2.28 bits per heavy atom. The van der Waals surface area contributed by atoms with Crippen LogP contribution in [0.1, 0.15) is 35.0 Å². The molecule has 134 valence electrons. The third-order valence-electron chi connectivity index (χ3n) is 4.20. The van der Waals surface area contributed by atoms with Crippen LogP contribution in [0.15, 0.2) is 28.7 Å². The fourth-order valence-electron chi connectivity index (χ4n) is 2.96. The van der Waals surface area contributed by atoms with E-state index in [1.54, 1.807) is 4.90 Å². The van der Waals surface area contributed by atoms with E-state index in [0.717, 1.165) is 18.6 Å². The summed E-state index contributed by atoms with van der Waals surface area (Å²) in [7, 11) is 1.54. The molecule has 25 heavy (non-hydrogen) atoms. The Balaban J connectivity index is 1.55. The molecule has 7 nitrogen and oxygen atoms in total. The Kier molecular flexibility index (Phi) is 5.65. The second-order valence-electron chi connectivity index (χ2n) is 6.32. The molecule has 0 N–H and O–H groups in total. The van der Waals surface area contributed by atoms with Gasteiger partial charge in [-0.15, -0.1) is 10.2 Å². The molecule has 2 heterocycles. The van der Waals surface area contributed by atoms with E-state index in [1.807, 2.05) is 31.2 Å². The second kappa shape index (κ2) is 8.11. The van der Waals surface area contributed by atoms with Crippen molar-refractivity contribution in [2.75, 3.05) is 26.8 Å². The van der Waals surface area contributed by atoms with E-state index in [-0.39, 0.29) is 18.4 Å². The molecule has 1 amide bonds. The Morgan fingerprint density at radius 3 is 3.08 bits per heavy atom. The highest BCUT2D eigenvalue weighted by Gasteiger charge is 2.28. The highest BCUT2D eigenvalue weighted by atomic mass is 16.5. The number of methoxy groups -OCH3 is 1. The molecule has 3 rings (SSSR count). The van der Waals surface area contributed by atoms with Gasteiger partial charge in [-0.25, -0.2) is 0 Å². The molecule has 7 heteroatoms. The average molecular weight is 345 g/mol. The lowest BCUT2D eigenvalue weighted by atomic mass is 9.99. The summed E-state index contributed by atoms with van der Waals surface area (Å²) >= 11 is 0. The van der Waals surface area contributed by atoms with Crippen molar-refractivity contribution in [1.29, 1.82) is 0 Å². The van der Waals surface area contributed by atoms with Gasteiger partial charge < -0.3 is 18.8 Å². The van der Waals surface area contributed by atoms with Crippen molar-refractivity contribution in [1.82, 2.24) is 15.1 Å². The smallest absolute Gasteiger partial charge is 0.311 e. The minimum Gasteiger partial charge on any atom is -0.493 e. The average Bonchev–Trinajstić information content (AvgIpc) is 3.09. The highest BCUT2D eigenvalue weighted by molar-refractivity contribution is 5.89. The molecule has 1 fully saturated rings. The molecule has 0 bridgehead atoms. The molecule has 1 saturated heterocycles. The molecule has 1 aliphatic heterocycles. The van der Waals surface area contributed by atoms with Gasteiger partial charge in [-0.2, -0.15) is 0 Å². The third kappa shape index (κ3) is 4.57. The molecule has 0 aliphatic carbocycles. The van der Waals surface area contributed by atoms with Gasteiger partial charge in [0.25, 0.3) is 0 Å². The van der Waals surface area contributed by atoms with Crippen molar-refractivity contribution in [3.8, 4) is 5.75 Å². The van der Waals surface area contributed by atoms with Gasteiger partial charge in [0, 0.05) is 26.1 Å². The lowest BCUT2D eigenvalue weighted by Gasteiger charge is -2.31. The zero-order chi connectivity index (χ0) is 17.6. The molecular weight excluding hydrogens is 322 g/mol. The summed E-state index contributed by atoms with van der Waals surface area (Å²) in [5, 5.41) is 7.63. The standard InChI is InChI=1S/C18H23N3O4/c1-13-5-3-7-15(9-13)24-11-14-6-4-8-21(10-14)18(22)17-20-19-16(25-17)12-23-2/h3,5,7,9,14H,4,6,8,10-12H2,1-2H3/t14-/m0/s1. The largest absolute Gasteiger partial charge is 0.493 e. The van der Waals surface area contributed by atoms with Crippen LogP contribution < -0.4 is 4.74 Å². The molecule has 0 radical (unpaired) electrons. The van der Waals surface area contributed by atoms with Crippen molar-refractivity contribution in [3.63, 3.8) is 0 Å². The van der Waals surface area contributed by atoms with Crippen LogP contribution in [0, 0.1) is 12.8 Å². The van der Waals surface area contributed by atoms with Crippen molar-refractivity contribution in [3.05, 3.63) is 41.6 Å². The van der Waals surface area contributed by atoms with Crippen molar-refractivity contribution in [2.45, 2.75) is 26.4 Å². The van der Waals surface area contributed by atoms with Crippen molar-refractivity contribution in [2.24, 2.45) is 5.92 Å². The van der Waals surface area contributed by atoms with Crippen LogP contribution in [-0.4, -0.2) is 47.8 Å². The second-order valence-corrected chi connectivity index (χ2v) is 6.32. The third-order valence-corrected chi connectivity index (χ3v) is 4.20. The maximum atomic E-state index is 12.5. The Labute approximate surface area is 146 Å². The number of hydrogen-bond donors (Lipinski definition) is 0. The van der Waals surface area contributed by atoms with Gasteiger partial charge in [0.05, 0.1) is 6.61 Å². The predicted molar refractivity (Wildman–Crippen MR) is 90.3 cm³/mol. The molecule has 1 aliphatic rings.